The van der Waals surface area contributed by atoms with Crippen molar-refractivity contribution in [3.8, 4) is 0 Å². The Morgan fingerprint density at radius 3 is 2.71 bits per heavy atom. The van der Waals surface area contributed by atoms with E-state index in [0.717, 1.165) is 12.8 Å². The van der Waals surface area contributed by atoms with Crippen molar-refractivity contribution in [2.24, 2.45) is 11.8 Å². The molecule has 1 aliphatic carbocycles. The number of ether oxygens (including phenoxy) is 1. The highest BCUT2D eigenvalue weighted by Crippen LogP contribution is 2.25. The second-order valence-electron chi connectivity index (χ2n) is 5.54. The van der Waals surface area contributed by atoms with Crippen molar-refractivity contribution in [2.75, 3.05) is 6.61 Å². The molecule has 0 aromatic heterocycles. The zero-order valence-electron chi connectivity index (χ0n) is 12.2. The summed E-state index contributed by atoms with van der Waals surface area (Å²) in [5.41, 5.74) is 0.832. The van der Waals surface area contributed by atoms with Gasteiger partial charge in [0, 0.05) is 11.6 Å². The van der Waals surface area contributed by atoms with Crippen LogP contribution in [0.3, 0.4) is 0 Å². The summed E-state index contributed by atoms with van der Waals surface area (Å²) in [7, 11) is 0. The molecule has 0 N–H and O–H groups in total. The molecule has 21 heavy (non-hydrogen) atoms. The second-order valence-corrected chi connectivity index (χ2v) is 5.54. The van der Waals surface area contributed by atoms with E-state index < -0.39 is 10.9 Å². The normalized spacial score (nSPS) is 21.0. The minimum atomic E-state index is -0.458. The zero-order valence-corrected chi connectivity index (χ0v) is 12.2. The van der Waals surface area contributed by atoms with E-state index in [9.17, 15) is 14.9 Å². The maximum Gasteiger partial charge on any atom is 0.338 e. The fourth-order valence-corrected chi connectivity index (χ4v) is 2.49. The maximum atomic E-state index is 12.0. The molecule has 1 aliphatic rings. The first-order chi connectivity index (χ1) is 9.99. The summed E-state index contributed by atoms with van der Waals surface area (Å²) in [6, 6.07) is 4.29. The number of nitrogens with zero attached hydrogens (tertiary/aromatic N) is 1. The highest BCUT2D eigenvalue weighted by molar-refractivity contribution is 5.90. The minimum Gasteiger partial charge on any atom is -0.462 e. The number of benzene rings is 1. The van der Waals surface area contributed by atoms with Gasteiger partial charge in [0.2, 0.25) is 0 Å². The third-order valence-corrected chi connectivity index (χ3v) is 3.98. The average molecular weight is 289 g/mol. The van der Waals surface area contributed by atoms with Crippen molar-refractivity contribution in [1.82, 2.24) is 0 Å². The molecule has 0 saturated carbocycles. The fraction of sp³-hybridized carbons (Fsp3) is 0.438. The molecular formula is C16H19NO4. The molecule has 0 saturated heterocycles. The van der Waals surface area contributed by atoms with Crippen LogP contribution in [0.15, 0.2) is 30.4 Å². The van der Waals surface area contributed by atoms with E-state index in [0.29, 0.717) is 29.6 Å². The number of carbonyl (C=O) groups is 1. The molecule has 2 rings (SSSR count). The predicted molar refractivity (Wildman–Crippen MR) is 79.1 cm³/mol. The van der Waals surface area contributed by atoms with Crippen LogP contribution in [-0.2, 0) is 4.74 Å². The van der Waals surface area contributed by atoms with Crippen LogP contribution in [0, 0.1) is 28.9 Å². The Morgan fingerprint density at radius 1 is 1.38 bits per heavy atom. The Kier molecular flexibility index (Phi) is 4.73. The molecule has 0 heterocycles. The van der Waals surface area contributed by atoms with E-state index in [-0.39, 0.29) is 5.69 Å². The molecule has 1 aromatic rings. The largest absolute Gasteiger partial charge is 0.462 e. The van der Waals surface area contributed by atoms with Crippen molar-refractivity contribution in [1.29, 1.82) is 0 Å². The molecule has 0 spiro atoms. The fourth-order valence-electron chi connectivity index (χ4n) is 2.49. The third-order valence-electron chi connectivity index (χ3n) is 3.98. The molecule has 2 unspecified atom stereocenters. The number of rotatable bonds is 4. The number of aryl methyl sites for hydroxylation is 1. The van der Waals surface area contributed by atoms with Gasteiger partial charge in [-0.2, -0.15) is 0 Å². The van der Waals surface area contributed by atoms with Gasteiger partial charge >= 0.3 is 5.97 Å². The summed E-state index contributed by atoms with van der Waals surface area (Å²) < 4.78 is 5.35. The summed E-state index contributed by atoms with van der Waals surface area (Å²) in [4.78, 5) is 22.3. The van der Waals surface area contributed by atoms with Gasteiger partial charge in [0.1, 0.15) is 0 Å². The summed E-state index contributed by atoms with van der Waals surface area (Å²) in [6.45, 7) is 4.15. The highest BCUT2D eigenvalue weighted by Gasteiger charge is 2.21. The van der Waals surface area contributed by atoms with E-state index >= 15 is 0 Å². The van der Waals surface area contributed by atoms with Crippen LogP contribution in [-0.4, -0.2) is 17.5 Å². The molecule has 5 heteroatoms. The van der Waals surface area contributed by atoms with Crippen LogP contribution >= 0.6 is 0 Å². The first-order valence-electron chi connectivity index (χ1n) is 7.06. The van der Waals surface area contributed by atoms with Gasteiger partial charge in [0.25, 0.3) is 5.69 Å². The van der Waals surface area contributed by atoms with Gasteiger partial charge in [-0.1, -0.05) is 19.1 Å². The average Bonchev–Trinajstić information content (AvgIpc) is 2.45. The van der Waals surface area contributed by atoms with Gasteiger partial charge in [-0.25, -0.2) is 4.79 Å². The Balaban J connectivity index is 1.99. The number of allylic oxidation sites excluding steroid dienone is 2. The topological polar surface area (TPSA) is 69.4 Å². The Labute approximate surface area is 123 Å². The molecule has 0 bridgehead atoms. The molecule has 0 radical (unpaired) electrons. The number of hydrogen-bond donors (Lipinski definition) is 0. The SMILES string of the molecule is Cc1cc(C(=O)OCC2CC=CCC2C)ccc1[N+](=O)[O-]. The van der Waals surface area contributed by atoms with Crippen LogP contribution in [0.25, 0.3) is 0 Å². The number of carbonyl (C=O) groups excluding carboxylic acids is 1. The zero-order chi connectivity index (χ0) is 15.4. The summed E-state index contributed by atoms with van der Waals surface area (Å²) in [5.74, 6) is 0.425. The minimum absolute atomic E-state index is 0.0117. The van der Waals surface area contributed by atoms with Gasteiger partial charge in [0.15, 0.2) is 0 Å². The van der Waals surface area contributed by atoms with Gasteiger partial charge in [0.05, 0.1) is 17.1 Å². The summed E-state index contributed by atoms with van der Waals surface area (Å²) in [6.07, 6.45) is 6.21. The first-order valence-corrected chi connectivity index (χ1v) is 7.06. The lowest BCUT2D eigenvalue weighted by molar-refractivity contribution is -0.385. The summed E-state index contributed by atoms with van der Waals surface area (Å²) >= 11 is 0. The van der Waals surface area contributed by atoms with E-state index in [1.165, 1.54) is 18.2 Å². The van der Waals surface area contributed by atoms with Crippen LogP contribution in [0.4, 0.5) is 5.69 Å². The first kappa shape index (κ1) is 15.2. The van der Waals surface area contributed by atoms with Gasteiger partial charge in [-0.15, -0.1) is 0 Å². The van der Waals surface area contributed by atoms with Crippen molar-refractivity contribution in [3.05, 3.63) is 51.6 Å². The number of hydrogen-bond acceptors (Lipinski definition) is 4. The van der Waals surface area contributed by atoms with Gasteiger partial charge in [-0.3, -0.25) is 10.1 Å². The Hall–Kier alpha value is -2.17. The molecule has 0 aliphatic heterocycles. The van der Waals surface area contributed by atoms with Crippen molar-refractivity contribution in [3.63, 3.8) is 0 Å². The standard InChI is InChI=1S/C16H19NO4/c1-11-5-3-4-6-14(11)10-21-16(18)13-7-8-15(17(19)20)12(2)9-13/h3-4,7-9,11,14H,5-6,10H2,1-2H3. The predicted octanol–water partition coefficient (Wildman–Crippen LogP) is 3.66. The lowest BCUT2D eigenvalue weighted by Crippen LogP contribution is -2.21. The third kappa shape index (κ3) is 3.68. The molecule has 5 nitrogen and oxygen atoms in total. The maximum absolute atomic E-state index is 12.0. The van der Waals surface area contributed by atoms with Gasteiger partial charge in [-0.05, 0) is 43.7 Å². The van der Waals surface area contributed by atoms with E-state index in [1.807, 2.05) is 0 Å². The Morgan fingerprint density at radius 2 is 2.10 bits per heavy atom. The van der Waals surface area contributed by atoms with Crippen molar-refractivity contribution in [2.45, 2.75) is 26.7 Å². The van der Waals surface area contributed by atoms with Crippen LogP contribution in [0.5, 0.6) is 0 Å². The second kappa shape index (κ2) is 6.52. The lowest BCUT2D eigenvalue weighted by atomic mass is 9.85. The molecule has 2 atom stereocenters. The van der Waals surface area contributed by atoms with E-state index in [1.54, 1.807) is 6.92 Å². The van der Waals surface area contributed by atoms with Crippen LogP contribution < -0.4 is 0 Å². The molecule has 0 fully saturated rings. The van der Waals surface area contributed by atoms with Crippen molar-refractivity contribution >= 4 is 11.7 Å². The smallest absolute Gasteiger partial charge is 0.338 e. The monoisotopic (exact) mass is 289 g/mol. The quantitative estimate of drug-likeness (QED) is 0.367. The highest BCUT2D eigenvalue weighted by atomic mass is 16.6. The van der Waals surface area contributed by atoms with E-state index in [4.69, 9.17) is 4.74 Å². The Bertz CT molecular complexity index is 580. The number of esters is 1. The lowest BCUT2D eigenvalue weighted by Gasteiger charge is -2.24. The summed E-state index contributed by atoms with van der Waals surface area (Å²) in [5, 5.41) is 10.8. The van der Waals surface area contributed by atoms with Crippen molar-refractivity contribution < 1.29 is 14.5 Å². The molecule has 1 aromatic carbocycles. The number of nitro groups is 1. The molecule has 0 amide bonds. The van der Waals surface area contributed by atoms with E-state index in [2.05, 4.69) is 19.1 Å². The number of nitro benzene ring substituents is 1. The van der Waals surface area contributed by atoms with Crippen LogP contribution in [0.2, 0.25) is 0 Å². The van der Waals surface area contributed by atoms with Crippen LogP contribution in [0.1, 0.15) is 35.7 Å². The molecule has 112 valence electrons. The van der Waals surface area contributed by atoms with Gasteiger partial charge < -0.3 is 4.74 Å². The molecular weight excluding hydrogens is 270 g/mol.